The molecule has 2 heteroatoms. The van der Waals surface area contributed by atoms with Crippen LogP contribution in [0.4, 0.5) is 0 Å². The first kappa shape index (κ1) is 13.9. The number of hydrogen-bond donors (Lipinski definition) is 0. The second-order valence-corrected chi connectivity index (χ2v) is 7.54. The molecule has 1 aliphatic heterocycles. The van der Waals surface area contributed by atoms with Gasteiger partial charge in [0.15, 0.2) is 0 Å². The zero-order valence-corrected chi connectivity index (χ0v) is 13.3. The molecule has 2 aromatic carbocycles. The normalized spacial score (nSPS) is 22.6. The Kier molecular flexibility index (Phi) is 4.91. The predicted octanol–water partition coefficient (Wildman–Crippen LogP) is 3.40. The summed E-state index contributed by atoms with van der Waals surface area (Å²) in [5.74, 6) is 0.682. The van der Waals surface area contributed by atoms with Crippen LogP contribution in [0.5, 0.6) is 0 Å². The summed E-state index contributed by atoms with van der Waals surface area (Å²) in [6.45, 7) is 0.912. The summed E-state index contributed by atoms with van der Waals surface area (Å²) in [6.07, 6.45) is 2.78. The number of benzene rings is 2. The van der Waals surface area contributed by atoms with Crippen molar-refractivity contribution in [2.75, 3.05) is 6.61 Å². The third-order valence-electron chi connectivity index (χ3n) is 3.82. The monoisotopic (exact) mass is 332 g/mol. The molecule has 0 aliphatic carbocycles. The van der Waals surface area contributed by atoms with Crippen molar-refractivity contribution in [3.05, 3.63) is 66.2 Å². The van der Waals surface area contributed by atoms with Crippen LogP contribution >= 0.6 is 0 Å². The van der Waals surface area contributed by atoms with Crippen LogP contribution in [0.3, 0.4) is 0 Å². The molecule has 0 N–H and O–H groups in total. The molecule has 104 valence electrons. The van der Waals surface area contributed by atoms with E-state index >= 15 is 0 Å². The quantitative estimate of drug-likeness (QED) is 0.781. The van der Waals surface area contributed by atoms with Crippen molar-refractivity contribution in [3.63, 3.8) is 0 Å². The Labute approximate surface area is 127 Å². The van der Waals surface area contributed by atoms with Crippen molar-refractivity contribution in [2.45, 2.75) is 30.2 Å². The molecule has 0 radical (unpaired) electrons. The van der Waals surface area contributed by atoms with Crippen molar-refractivity contribution in [1.29, 1.82) is 0 Å². The van der Waals surface area contributed by atoms with Crippen LogP contribution in [-0.2, 0) is 4.74 Å². The molecule has 1 saturated heterocycles. The van der Waals surface area contributed by atoms with Gasteiger partial charge in [-0.15, -0.1) is 0 Å². The summed E-state index contributed by atoms with van der Waals surface area (Å²) in [5, 5.41) is 1.19. The third-order valence-corrected chi connectivity index (χ3v) is 6.22. The molecule has 2 atom stereocenters. The maximum absolute atomic E-state index is 5.97. The van der Waals surface area contributed by atoms with Gasteiger partial charge in [0.1, 0.15) is 0 Å². The van der Waals surface area contributed by atoms with E-state index in [2.05, 4.69) is 60.7 Å². The Balaban J connectivity index is 1.56. The zero-order valence-electron chi connectivity index (χ0n) is 11.6. The van der Waals surface area contributed by atoms with Crippen LogP contribution in [0.15, 0.2) is 60.7 Å². The Morgan fingerprint density at radius 3 is 2.40 bits per heavy atom. The minimum atomic E-state index is 0.439. The standard InChI is InChI=1S/C18H20OSe/c1-3-7-15(8-4-1)16-11-12-19-17(13-16)14-20-18-9-5-2-6-10-18/h1-10,16-17H,11-14H2/t16-,17+/m0/s1. The van der Waals surface area contributed by atoms with Gasteiger partial charge in [-0.1, -0.05) is 0 Å². The summed E-state index contributed by atoms with van der Waals surface area (Å²) < 4.78 is 7.44. The second-order valence-electron chi connectivity index (χ2n) is 5.25. The SMILES string of the molecule is c1ccc([Se]C[C@H]2C[C@@H](c3ccccc3)CCO2)cc1. The fraction of sp³-hybridized carbons (Fsp3) is 0.333. The van der Waals surface area contributed by atoms with Gasteiger partial charge in [-0.2, -0.15) is 0 Å². The molecule has 1 aliphatic rings. The van der Waals surface area contributed by atoms with Crippen LogP contribution in [0.1, 0.15) is 24.3 Å². The van der Waals surface area contributed by atoms with Gasteiger partial charge in [-0.05, 0) is 0 Å². The molecule has 20 heavy (non-hydrogen) atoms. The maximum atomic E-state index is 5.97. The van der Waals surface area contributed by atoms with E-state index in [4.69, 9.17) is 4.74 Å². The fourth-order valence-electron chi connectivity index (χ4n) is 2.73. The minimum absolute atomic E-state index is 0.439. The predicted molar refractivity (Wildman–Crippen MR) is 84.8 cm³/mol. The molecule has 3 rings (SSSR count). The van der Waals surface area contributed by atoms with Crippen molar-refractivity contribution >= 4 is 19.4 Å². The van der Waals surface area contributed by atoms with Crippen LogP contribution in [0.2, 0.25) is 5.32 Å². The summed E-state index contributed by atoms with van der Waals surface area (Å²) in [6, 6.07) is 21.7. The average Bonchev–Trinajstić information content (AvgIpc) is 2.55. The van der Waals surface area contributed by atoms with Crippen molar-refractivity contribution < 1.29 is 4.74 Å². The Morgan fingerprint density at radius 2 is 1.65 bits per heavy atom. The Hall–Kier alpha value is -1.08. The molecule has 1 fully saturated rings. The van der Waals surface area contributed by atoms with Crippen LogP contribution in [0, 0.1) is 0 Å². The summed E-state index contributed by atoms with van der Waals surface area (Å²) in [4.78, 5) is 0. The topological polar surface area (TPSA) is 9.23 Å². The van der Waals surface area contributed by atoms with Gasteiger partial charge < -0.3 is 0 Å². The van der Waals surface area contributed by atoms with Gasteiger partial charge in [-0.3, -0.25) is 0 Å². The van der Waals surface area contributed by atoms with Crippen molar-refractivity contribution in [3.8, 4) is 0 Å². The molecular weight excluding hydrogens is 311 g/mol. The fourth-order valence-corrected chi connectivity index (χ4v) is 4.74. The van der Waals surface area contributed by atoms with E-state index < -0.39 is 0 Å². The summed E-state index contributed by atoms with van der Waals surface area (Å²) >= 11 is 0.532. The van der Waals surface area contributed by atoms with E-state index in [-0.39, 0.29) is 0 Å². The first-order chi connectivity index (χ1) is 9.92. The van der Waals surface area contributed by atoms with E-state index in [0.29, 0.717) is 27.0 Å². The molecule has 0 amide bonds. The van der Waals surface area contributed by atoms with E-state index in [1.807, 2.05) is 0 Å². The van der Waals surface area contributed by atoms with Crippen molar-refractivity contribution in [1.82, 2.24) is 0 Å². The van der Waals surface area contributed by atoms with Crippen LogP contribution in [0.25, 0.3) is 0 Å². The molecule has 0 unspecified atom stereocenters. The first-order valence-corrected chi connectivity index (χ1v) is 9.33. The summed E-state index contributed by atoms with van der Waals surface area (Å²) in [5.41, 5.74) is 1.48. The van der Waals surface area contributed by atoms with Crippen LogP contribution in [-0.4, -0.2) is 27.7 Å². The molecule has 0 aromatic heterocycles. The van der Waals surface area contributed by atoms with E-state index in [1.54, 1.807) is 0 Å². The molecule has 1 nitrogen and oxygen atoms in total. The first-order valence-electron chi connectivity index (χ1n) is 7.26. The number of ether oxygens (including phenoxy) is 1. The van der Waals surface area contributed by atoms with E-state index in [1.165, 1.54) is 28.2 Å². The molecular formula is C18H20OSe. The molecule has 0 saturated carbocycles. The van der Waals surface area contributed by atoms with Gasteiger partial charge in [0.25, 0.3) is 0 Å². The molecule has 0 bridgehead atoms. The van der Waals surface area contributed by atoms with Gasteiger partial charge in [0, 0.05) is 0 Å². The van der Waals surface area contributed by atoms with Crippen molar-refractivity contribution in [2.24, 2.45) is 0 Å². The number of rotatable bonds is 4. The van der Waals surface area contributed by atoms with Gasteiger partial charge in [0.05, 0.1) is 0 Å². The summed E-state index contributed by atoms with van der Waals surface area (Å²) in [7, 11) is 0. The molecule has 1 heterocycles. The Bertz CT molecular complexity index is 511. The van der Waals surface area contributed by atoms with E-state index in [0.717, 1.165) is 6.61 Å². The second kappa shape index (κ2) is 7.08. The van der Waals surface area contributed by atoms with Crippen LogP contribution < -0.4 is 4.46 Å². The van der Waals surface area contributed by atoms with Gasteiger partial charge in [-0.25, -0.2) is 0 Å². The number of hydrogen-bond acceptors (Lipinski definition) is 1. The average molecular weight is 331 g/mol. The van der Waals surface area contributed by atoms with Gasteiger partial charge >= 0.3 is 127 Å². The van der Waals surface area contributed by atoms with Gasteiger partial charge in [0.2, 0.25) is 0 Å². The Morgan fingerprint density at radius 1 is 0.950 bits per heavy atom. The molecule has 0 spiro atoms. The van der Waals surface area contributed by atoms with E-state index in [9.17, 15) is 0 Å². The third kappa shape index (κ3) is 3.73. The molecule has 2 aromatic rings. The zero-order chi connectivity index (χ0) is 13.6.